The Hall–Kier alpha value is -1.87. The van der Waals surface area contributed by atoms with Crippen LogP contribution in [0.2, 0.25) is 5.02 Å². The van der Waals surface area contributed by atoms with Crippen LogP contribution < -0.4 is 0 Å². The molecule has 0 amide bonds. The summed E-state index contributed by atoms with van der Waals surface area (Å²) in [6.45, 7) is 0.0464. The molecule has 0 heterocycles. The van der Waals surface area contributed by atoms with E-state index in [4.69, 9.17) is 16.3 Å². The molecular weight excluding hydrogens is 267 g/mol. The predicted molar refractivity (Wildman–Crippen MR) is 71.4 cm³/mol. The molecule has 0 bridgehead atoms. The van der Waals surface area contributed by atoms with E-state index in [0.717, 1.165) is 5.56 Å². The van der Waals surface area contributed by atoms with Gasteiger partial charge in [0.25, 0.3) is 0 Å². The maximum atomic E-state index is 12.8. The van der Waals surface area contributed by atoms with Crippen molar-refractivity contribution in [3.05, 3.63) is 70.5 Å². The maximum Gasteiger partial charge on any atom is 0.310 e. The molecule has 0 aliphatic heterocycles. The van der Waals surface area contributed by atoms with E-state index in [0.29, 0.717) is 5.56 Å². The smallest absolute Gasteiger partial charge is 0.310 e. The zero-order valence-electron chi connectivity index (χ0n) is 10.1. The van der Waals surface area contributed by atoms with Crippen molar-refractivity contribution < 1.29 is 13.9 Å². The van der Waals surface area contributed by atoms with Gasteiger partial charge in [0.05, 0.1) is 11.4 Å². The largest absolute Gasteiger partial charge is 0.461 e. The lowest BCUT2D eigenvalue weighted by Crippen LogP contribution is -2.08. The van der Waals surface area contributed by atoms with Crippen LogP contribution in [0.25, 0.3) is 0 Å². The molecule has 19 heavy (non-hydrogen) atoms. The number of carbonyl (C=O) groups is 1. The van der Waals surface area contributed by atoms with Crippen molar-refractivity contribution >= 4 is 17.6 Å². The summed E-state index contributed by atoms with van der Waals surface area (Å²) in [6, 6.07) is 13.3. The summed E-state index contributed by atoms with van der Waals surface area (Å²) in [6.07, 6.45) is 0.208. The maximum absolute atomic E-state index is 12.8. The fourth-order valence-corrected chi connectivity index (χ4v) is 1.83. The van der Waals surface area contributed by atoms with Crippen LogP contribution >= 0.6 is 11.6 Å². The number of carbonyl (C=O) groups excluding carboxylic acids is 1. The Bertz CT molecular complexity index is 570. The molecule has 0 aliphatic carbocycles. The first-order valence-corrected chi connectivity index (χ1v) is 6.16. The van der Waals surface area contributed by atoms with E-state index in [2.05, 4.69) is 0 Å². The molecule has 2 aromatic carbocycles. The van der Waals surface area contributed by atoms with E-state index < -0.39 is 5.82 Å². The molecule has 0 radical (unpaired) electrons. The molecule has 0 aliphatic rings. The minimum Gasteiger partial charge on any atom is -0.461 e. The second-order valence-corrected chi connectivity index (χ2v) is 4.47. The standard InChI is InChI=1S/C15H12ClFO2/c16-14-9-13(17)7-6-12(14)10-19-15(18)8-11-4-2-1-3-5-11/h1-7,9H,8,10H2. The second kappa shape index (κ2) is 6.34. The molecule has 0 fully saturated rings. The first kappa shape index (κ1) is 13.6. The van der Waals surface area contributed by atoms with Crippen LogP contribution in [0, 0.1) is 5.82 Å². The zero-order valence-corrected chi connectivity index (χ0v) is 10.9. The van der Waals surface area contributed by atoms with Gasteiger partial charge in [-0.25, -0.2) is 4.39 Å². The summed E-state index contributed by atoms with van der Waals surface area (Å²) >= 11 is 5.84. The zero-order chi connectivity index (χ0) is 13.7. The number of hydrogen-bond donors (Lipinski definition) is 0. The van der Waals surface area contributed by atoms with Gasteiger partial charge in [0.2, 0.25) is 0 Å². The quantitative estimate of drug-likeness (QED) is 0.796. The number of ether oxygens (including phenoxy) is 1. The van der Waals surface area contributed by atoms with Crippen molar-refractivity contribution in [1.29, 1.82) is 0 Å². The van der Waals surface area contributed by atoms with Gasteiger partial charge in [-0.05, 0) is 17.7 Å². The van der Waals surface area contributed by atoms with Crippen LogP contribution in [0.15, 0.2) is 48.5 Å². The molecule has 0 aromatic heterocycles. The van der Waals surface area contributed by atoms with Gasteiger partial charge < -0.3 is 4.74 Å². The highest BCUT2D eigenvalue weighted by Gasteiger charge is 2.07. The van der Waals surface area contributed by atoms with Crippen molar-refractivity contribution in [3.63, 3.8) is 0 Å². The van der Waals surface area contributed by atoms with Crippen LogP contribution in [0.5, 0.6) is 0 Å². The van der Waals surface area contributed by atoms with E-state index in [1.165, 1.54) is 18.2 Å². The monoisotopic (exact) mass is 278 g/mol. The second-order valence-electron chi connectivity index (χ2n) is 4.06. The summed E-state index contributed by atoms with van der Waals surface area (Å²) in [5.74, 6) is -0.754. The predicted octanol–water partition coefficient (Wildman–Crippen LogP) is 3.77. The first-order chi connectivity index (χ1) is 9.15. The molecule has 2 rings (SSSR count). The highest BCUT2D eigenvalue weighted by molar-refractivity contribution is 6.31. The van der Waals surface area contributed by atoms with Crippen LogP contribution in [0.4, 0.5) is 4.39 Å². The molecule has 0 N–H and O–H groups in total. The highest BCUT2D eigenvalue weighted by Crippen LogP contribution is 2.18. The molecule has 98 valence electrons. The minimum absolute atomic E-state index is 0.0464. The Morgan fingerprint density at radius 2 is 1.89 bits per heavy atom. The Kier molecular flexibility index (Phi) is 4.53. The van der Waals surface area contributed by atoms with Gasteiger partial charge in [-0.1, -0.05) is 48.0 Å². The number of halogens is 2. The van der Waals surface area contributed by atoms with Crippen molar-refractivity contribution in [1.82, 2.24) is 0 Å². The van der Waals surface area contributed by atoms with Crippen molar-refractivity contribution in [2.45, 2.75) is 13.0 Å². The molecule has 2 aromatic rings. The Morgan fingerprint density at radius 3 is 2.58 bits per heavy atom. The molecule has 2 nitrogen and oxygen atoms in total. The van der Waals surface area contributed by atoms with Gasteiger partial charge in [0.15, 0.2) is 0 Å². The molecule has 4 heteroatoms. The molecule has 0 spiro atoms. The third-order valence-electron chi connectivity index (χ3n) is 2.60. The first-order valence-electron chi connectivity index (χ1n) is 5.78. The van der Waals surface area contributed by atoms with Gasteiger partial charge in [-0.3, -0.25) is 4.79 Å². The number of hydrogen-bond acceptors (Lipinski definition) is 2. The lowest BCUT2D eigenvalue weighted by Gasteiger charge is -2.06. The highest BCUT2D eigenvalue weighted by atomic mass is 35.5. The summed E-state index contributed by atoms with van der Waals surface area (Å²) in [4.78, 5) is 11.6. The van der Waals surface area contributed by atoms with Crippen molar-refractivity contribution in [2.75, 3.05) is 0 Å². The third-order valence-corrected chi connectivity index (χ3v) is 2.95. The van der Waals surface area contributed by atoms with Gasteiger partial charge in [-0.2, -0.15) is 0 Å². The fraction of sp³-hybridized carbons (Fsp3) is 0.133. The Morgan fingerprint density at radius 1 is 1.16 bits per heavy atom. The van der Waals surface area contributed by atoms with Gasteiger partial charge in [-0.15, -0.1) is 0 Å². The molecule has 0 atom stereocenters. The van der Waals surface area contributed by atoms with Crippen molar-refractivity contribution in [2.24, 2.45) is 0 Å². The molecule has 0 saturated carbocycles. The molecule has 0 saturated heterocycles. The SMILES string of the molecule is O=C(Cc1ccccc1)OCc1ccc(F)cc1Cl. The average molecular weight is 279 g/mol. The van der Waals surface area contributed by atoms with E-state index >= 15 is 0 Å². The summed E-state index contributed by atoms with van der Waals surface area (Å²) < 4.78 is 17.9. The number of benzene rings is 2. The number of rotatable bonds is 4. The normalized spacial score (nSPS) is 10.2. The lowest BCUT2D eigenvalue weighted by atomic mass is 10.1. The van der Waals surface area contributed by atoms with Crippen molar-refractivity contribution in [3.8, 4) is 0 Å². The van der Waals surface area contributed by atoms with Crippen LogP contribution in [-0.4, -0.2) is 5.97 Å². The molecule has 0 unspecified atom stereocenters. The van der Waals surface area contributed by atoms with E-state index in [1.54, 1.807) is 0 Å². The molecular formula is C15H12ClFO2. The Labute approximate surface area is 115 Å². The van der Waals surface area contributed by atoms with Crippen LogP contribution in [0.3, 0.4) is 0 Å². The van der Waals surface area contributed by atoms with Crippen LogP contribution in [0.1, 0.15) is 11.1 Å². The van der Waals surface area contributed by atoms with Gasteiger partial charge in [0.1, 0.15) is 12.4 Å². The van der Waals surface area contributed by atoms with Gasteiger partial charge >= 0.3 is 5.97 Å². The minimum atomic E-state index is -0.413. The van der Waals surface area contributed by atoms with Crippen LogP contribution in [-0.2, 0) is 22.6 Å². The van der Waals surface area contributed by atoms with Gasteiger partial charge in [0, 0.05) is 5.56 Å². The average Bonchev–Trinajstić information content (AvgIpc) is 2.39. The van der Waals surface area contributed by atoms with E-state index in [9.17, 15) is 9.18 Å². The summed E-state index contributed by atoms with van der Waals surface area (Å²) in [5.41, 5.74) is 1.47. The number of esters is 1. The fourth-order valence-electron chi connectivity index (χ4n) is 1.61. The topological polar surface area (TPSA) is 26.3 Å². The lowest BCUT2D eigenvalue weighted by molar-refractivity contribution is -0.144. The van der Waals surface area contributed by atoms with E-state index in [1.807, 2.05) is 30.3 Å². The third kappa shape index (κ3) is 4.07. The van der Waals surface area contributed by atoms with E-state index in [-0.39, 0.29) is 24.0 Å². The summed E-state index contributed by atoms with van der Waals surface area (Å²) in [7, 11) is 0. The Balaban J connectivity index is 1.90. The summed E-state index contributed by atoms with van der Waals surface area (Å²) in [5, 5.41) is 0.257.